The van der Waals surface area contributed by atoms with Gasteiger partial charge in [0, 0.05) is 19.1 Å². The summed E-state index contributed by atoms with van der Waals surface area (Å²) in [6.07, 6.45) is -5.35. The average molecular weight is 328 g/mol. The largest absolute Gasteiger partial charge is 0.490 e. The summed E-state index contributed by atoms with van der Waals surface area (Å²) in [6, 6.07) is -0.285. The minimum atomic E-state index is -5.10. The van der Waals surface area contributed by atoms with E-state index in [4.69, 9.17) is 0 Å². The Kier molecular flexibility index (Phi) is 4.78. The number of ether oxygens (including phenoxy) is 2. The zero-order valence-corrected chi connectivity index (χ0v) is 11.6. The zero-order valence-electron chi connectivity index (χ0n) is 11.6. The van der Waals surface area contributed by atoms with E-state index in [0.29, 0.717) is 13.0 Å². The van der Waals surface area contributed by atoms with E-state index in [1.807, 2.05) is 0 Å². The third-order valence-corrected chi connectivity index (χ3v) is 3.74. The lowest BCUT2D eigenvalue weighted by Gasteiger charge is -2.42. The lowest BCUT2D eigenvalue weighted by Crippen LogP contribution is -2.57. The number of hydrogen-bond donors (Lipinski definition) is 1. The molecule has 0 aromatic carbocycles. The van der Waals surface area contributed by atoms with Crippen molar-refractivity contribution in [3.8, 4) is 0 Å². The third-order valence-electron chi connectivity index (χ3n) is 3.74. The van der Waals surface area contributed by atoms with Gasteiger partial charge in [0.05, 0.1) is 6.54 Å². The van der Waals surface area contributed by atoms with Gasteiger partial charge in [0.25, 0.3) is 0 Å². The van der Waals surface area contributed by atoms with Crippen LogP contribution in [0.25, 0.3) is 0 Å². The molecule has 0 aliphatic carbocycles. The summed E-state index contributed by atoms with van der Waals surface area (Å²) in [5.74, 6) is -2.29. The molecule has 1 amide bonds. The fraction of sp³-hybridized carbons (Fsp3) is 0.833. The molecule has 3 fully saturated rings. The van der Waals surface area contributed by atoms with Crippen LogP contribution in [0.3, 0.4) is 0 Å². The van der Waals surface area contributed by atoms with Crippen LogP contribution in [0.1, 0.15) is 12.8 Å². The number of carbonyl (C=O) groups is 2. The van der Waals surface area contributed by atoms with Crippen molar-refractivity contribution in [3.63, 3.8) is 0 Å². The second kappa shape index (κ2) is 6.27. The summed E-state index contributed by atoms with van der Waals surface area (Å²) >= 11 is 0. The van der Waals surface area contributed by atoms with Crippen molar-refractivity contribution in [1.82, 2.24) is 10.2 Å². The molecule has 0 spiro atoms. The number of nitrogens with zero attached hydrogens (tertiary/aromatic N) is 1. The maximum Gasteiger partial charge on any atom is 0.490 e. The Balaban J connectivity index is 2.11. The molecule has 0 aromatic rings. The first-order chi connectivity index (χ1) is 10.3. The monoisotopic (exact) mass is 328 g/mol. The van der Waals surface area contributed by atoms with Crippen LogP contribution >= 0.6 is 0 Å². The lowest BCUT2D eigenvalue weighted by molar-refractivity contribution is -0.216. The number of rotatable bonds is 3. The van der Waals surface area contributed by atoms with E-state index in [1.54, 1.807) is 0 Å². The molecule has 10 heteroatoms. The molecule has 1 N–H and O–H groups in total. The van der Waals surface area contributed by atoms with Gasteiger partial charge in [-0.15, -0.1) is 0 Å². The summed E-state index contributed by atoms with van der Waals surface area (Å²) in [4.78, 5) is 24.2. The zero-order chi connectivity index (χ0) is 16.4. The molecular formula is C12H16F4N2O4. The van der Waals surface area contributed by atoms with Crippen LogP contribution in [0.2, 0.25) is 0 Å². The molecular weight excluding hydrogens is 312 g/mol. The number of piperidine rings is 1. The highest BCUT2D eigenvalue weighted by Gasteiger charge is 2.51. The molecule has 3 saturated heterocycles. The van der Waals surface area contributed by atoms with Gasteiger partial charge in [-0.05, 0) is 12.8 Å². The van der Waals surface area contributed by atoms with Crippen LogP contribution in [0.5, 0.6) is 0 Å². The lowest BCUT2D eigenvalue weighted by atomic mass is 9.90. The van der Waals surface area contributed by atoms with Gasteiger partial charge in [0.2, 0.25) is 0 Å². The van der Waals surface area contributed by atoms with E-state index in [-0.39, 0.29) is 25.6 Å². The van der Waals surface area contributed by atoms with Crippen molar-refractivity contribution in [3.05, 3.63) is 0 Å². The van der Waals surface area contributed by atoms with Gasteiger partial charge >= 0.3 is 18.2 Å². The van der Waals surface area contributed by atoms with Crippen molar-refractivity contribution in [2.24, 2.45) is 0 Å². The highest BCUT2D eigenvalue weighted by Crippen LogP contribution is 2.33. The van der Waals surface area contributed by atoms with Gasteiger partial charge in [0.1, 0.15) is 18.9 Å². The molecule has 0 saturated carbocycles. The first-order valence-corrected chi connectivity index (χ1v) is 6.78. The molecule has 0 aromatic heterocycles. The molecule has 3 aliphatic heterocycles. The molecule has 3 heterocycles. The minimum absolute atomic E-state index is 0.0121. The van der Waals surface area contributed by atoms with E-state index in [0.717, 1.165) is 0 Å². The van der Waals surface area contributed by atoms with Crippen molar-refractivity contribution in [2.45, 2.75) is 30.7 Å². The Morgan fingerprint density at radius 3 is 2.73 bits per heavy atom. The summed E-state index contributed by atoms with van der Waals surface area (Å²) < 4.78 is 58.6. The highest BCUT2D eigenvalue weighted by atomic mass is 19.4. The number of amides is 1. The van der Waals surface area contributed by atoms with E-state index >= 15 is 0 Å². The number of nitrogens with one attached hydrogen (secondary N) is 1. The molecule has 2 atom stereocenters. The minimum Gasteiger partial charge on any atom is -0.449 e. The van der Waals surface area contributed by atoms with Crippen molar-refractivity contribution < 1.29 is 36.6 Å². The van der Waals surface area contributed by atoms with Crippen molar-refractivity contribution in [1.29, 1.82) is 0 Å². The molecule has 3 rings (SSSR count). The molecule has 3 aliphatic rings. The number of alkyl halides is 4. The predicted octanol–water partition coefficient (Wildman–Crippen LogP) is 1.00. The van der Waals surface area contributed by atoms with Crippen LogP contribution in [-0.4, -0.2) is 67.7 Å². The predicted molar refractivity (Wildman–Crippen MR) is 64.8 cm³/mol. The SMILES string of the molecule is O=C(OCCF)N1CC2(OC(=O)C(F)(F)F)CCC1CNC2. The first kappa shape index (κ1) is 16.8. The Morgan fingerprint density at radius 1 is 1.36 bits per heavy atom. The van der Waals surface area contributed by atoms with E-state index in [2.05, 4.69) is 14.8 Å². The molecule has 0 radical (unpaired) electrons. The van der Waals surface area contributed by atoms with Crippen LogP contribution in [-0.2, 0) is 14.3 Å². The van der Waals surface area contributed by atoms with Gasteiger partial charge < -0.3 is 14.8 Å². The van der Waals surface area contributed by atoms with Gasteiger partial charge in [-0.3, -0.25) is 4.90 Å². The van der Waals surface area contributed by atoms with Crippen molar-refractivity contribution >= 4 is 12.1 Å². The van der Waals surface area contributed by atoms with Crippen LogP contribution < -0.4 is 5.32 Å². The Labute approximate surface area is 123 Å². The fourth-order valence-electron chi connectivity index (χ4n) is 2.72. The Bertz CT molecular complexity index is 441. The summed E-state index contributed by atoms with van der Waals surface area (Å²) in [7, 11) is 0. The van der Waals surface area contributed by atoms with Gasteiger partial charge in [0.15, 0.2) is 0 Å². The van der Waals surface area contributed by atoms with Gasteiger partial charge in [-0.2, -0.15) is 13.2 Å². The number of carbonyl (C=O) groups excluding carboxylic acids is 2. The maximum absolute atomic E-state index is 12.4. The molecule has 6 nitrogen and oxygen atoms in total. The van der Waals surface area contributed by atoms with E-state index in [9.17, 15) is 27.2 Å². The molecule has 2 bridgehead atoms. The maximum atomic E-state index is 12.4. The van der Waals surface area contributed by atoms with Gasteiger partial charge in [-0.25, -0.2) is 14.0 Å². The topological polar surface area (TPSA) is 67.9 Å². The molecule has 22 heavy (non-hydrogen) atoms. The van der Waals surface area contributed by atoms with Crippen molar-refractivity contribution in [2.75, 3.05) is 32.9 Å². The number of fused-ring (bicyclic) bond motifs is 4. The smallest absolute Gasteiger partial charge is 0.449 e. The van der Waals surface area contributed by atoms with E-state index in [1.165, 1.54) is 4.90 Å². The third kappa shape index (κ3) is 3.60. The standard InChI is InChI=1S/C12H16F4N2O4/c13-3-4-21-10(20)18-7-11(22-9(19)12(14,15)16)2-1-8(18)5-17-6-11/h8,17H,1-7H2. The Morgan fingerprint density at radius 2 is 2.09 bits per heavy atom. The fourth-order valence-corrected chi connectivity index (χ4v) is 2.72. The molecule has 126 valence electrons. The first-order valence-electron chi connectivity index (χ1n) is 6.78. The average Bonchev–Trinajstić information content (AvgIpc) is 2.75. The van der Waals surface area contributed by atoms with Gasteiger partial charge in [-0.1, -0.05) is 0 Å². The highest BCUT2D eigenvalue weighted by molar-refractivity contribution is 5.76. The quantitative estimate of drug-likeness (QED) is 0.618. The summed E-state index contributed by atoms with van der Waals surface area (Å²) in [6.45, 7) is -1.13. The van der Waals surface area contributed by atoms with Crippen LogP contribution in [0, 0.1) is 0 Å². The Hall–Kier alpha value is -1.58. The number of hydrogen-bond acceptors (Lipinski definition) is 5. The summed E-state index contributed by atoms with van der Waals surface area (Å²) in [5.41, 5.74) is -1.45. The number of esters is 1. The number of halogens is 4. The van der Waals surface area contributed by atoms with E-state index < -0.39 is 37.1 Å². The normalized spacial score (nSPS) is 28.2. The van der Waals surface area contributed by atoms with Crippen LogP contribution in [0.4, 0.5) is 22.4 Å². The second-order valence-corrected chi connectivity index (χ2v) is 5.32. The summed E-state index contributed by atoms with van der Waals surface area (Å²) in [5, 5.41) is 2.88. The molecule has 2 unspecified atom stereocenters. The second-order valence-electron chi connectivity index (χ2n) is 5.32. The van der Waals surface area contributed by atoms with Crippen LogP contribution in [0.15, 0.2) is 0 Å².